The van der Waals surface area contributed by atoms with Crippen molar-refractivity contribution in [1.29, 1.82) is 0 Å². The van der Waals surface area contributed by atoms with Gasteiger partial charge in [-0.2, -0.15) is 11.5 Å². The van der Waals surface area contributed by atoms with Crippen LogP contribution in [0.25, 0.3) is 0 Å². The first kappa shape index (κ1) is 5.44. The molecule has 0 aromatic rings. The minimum atomic E-state index is 0.0463. The molecule has 28 valence electrons. The lowest BCUT2D eigenvalue weighted by Gasteiger charge is -1.71. The molecule has 0 rings (SSSR count). The van der Waals surface area contributed by atoms with Gasteiger partial charge in [-0.15, -0.1) is 12.2 Å². The fraction of sp³-hybridized carbons (Fsp3) is 0.500. The van der Waals surface area contributed by atoms with Gasteiger partial charge >= 0.3 is 0 Å². The van der Waals surface area contributed by atoms with Crippen LogP contribution in [-0.2, 0) is 0 Å². The standard InChI is InChI=1S/C2H4BClS/c1-3(4)2-5/h2H,1H3. The van der Waals surface area contributed by atoms with Crippen molar-refractivity contribution >= 4 is 35.1 Å². The maximum Gasteiger partial charge on any atom is 0.283 e. The molecular formula is C2H4BClS. The number of thiocarbonyl (C=S) groups is 1. The fourth-order valence-electron chi connectivity index (χ4n) is 0. The average Bonchev–Trinajstić information content (AvgIpc) is 1.38. The lowest BCUT2D eigenvalue weighted by atomic mass is 9.85. The van der Waals surface area contributed by atoms with Gasteiger partial charge in [0.25, 0.3) is 6.13 Å². The lowest BCUT2D eigenvalue weighted by molar-refractivity contribution is 2.33. The maximum atomic E-state index is 5.30. The monoisotopic (exact) mass is 106 g/mol. The highest BCUT2D eigenvalue weighted by Crippen LogP contribution is 1.79. The Morgan fingerprint density at radius 2 is 2.20 bits per heavy atom. The summed E-state index contributed by atoms with van der Waals surface area (Å²) in [6.45, 7) is 1.83. The second-order valence-corrected chi connectivity index (χ2v) is 1.77. The Kier molecular flexibility index (Phi) is 2.91. The molecule has 0 aromatic heterocycles. The zero-order chi connectivity index (χ0) is 4.28. The molecular weight excluding hydrogens is 102 g/mol. The Balaban J connectivity index is 2.83. The second-order valence-electron chi connectivity index (χ2n) is 0.814. The van der Waals surface area contributed by atoms with Gasteiger partial charge in [-0.05, 0) is 5.27 Å². The van der Waals surface area contributed by atoms with E-state index < -0.39 is 0 Å². The van der Waals surface area contributed by atoms with Crippen LogP contribution in [-0.4, -0.2) is 11.4 Å². The number of hydrogen-bond acceptors (Lipinski definition) is 1. The molecule has 0 bridgehead atoms. The van der Waals surface area contributed by atoms with Crippen LogP contribution in [0, 0.1) is 0 Å². The van der Waals surface area contributed by atoms with Gasteiger partial charge < -0.3 is 0 Å². The molecule has 0 heterocycles. The molecule has 0 saturated heterocycles. The minimum Gasteiger partial charge on any atom is -0.189 e. The third kappa shape index (κ3) is 4.44. The summed E-state index contributed by atoms with van der Waals surface area (Å²) in [5.41, 5.74) is 0. The topological polar surface area (TPSA) is 0 Å². The highest BCUT2D eigenvalue weighted by atomic mass is 35.5. The highest BCUT2D eigenvalue weighted by molar-refractivity contribution is 7.83. The first-order valence-electron chi connectivity index (χ1n) is 1.36. The van der Waals surface area contributed by atoms with E-state index in [0.29, 0.717) is 0 Å². The SMILES string of the molecule is CB(Cl)C=S. The summed E-state index contributed by atoms with van der Waals surface area (Å²) in [5, 5.41) is 1.52. The number of hydrogen-bond donors (Lipinski definition) is 0. The van der Waals surface area contributed by atoms with Gasteiger partial charge in [-0.25, -0.2) is 0 Å². The summed E-state index contributed by atoms with van der Waals surface area (Å²) in [7, 11) is 0. The zero-order valence-corrected chi connectivity index (χ0v) is 4.51. The van der Waals surface area contributed by atoms with Crippen molar-refractivity contribution in [3.05, 3.63) is 0 Å². The molecule has 0 fully saturated rings. The molecule has 0 unspecified atom stereocenters. The van der Waals surface area contributed by atoms with E-state index in [4.69, 9.17) is 11.5 Å². The van der Waals surface area contributed by atoms with Crippen LogP contribution in [0.4, 0.5) is 0 Å². The summed E-state index contributed by atoms with van der Waals surface area (Å²) < 4.78 is 0. The molecule has 0 nitrogen and oxygen atoms in total. The Hall–Kier alpha value is 0.445. The quantitative estimate of drug-likeness (QED) is 0.359. The van der Waals surface area contributed by atoms with E-state index in [2.05, 4.69) is 12.2 Å². The summed E-state index contributed by atoms with van der Waals surface area (Å²) >= 11 is 9.72. The first-order valence-corrected chi connectivity index (χ1v) is 2.27. The van der Waals surface area contributed by atoms with Crippen molar-refractivity contribution in [2.45, 2.75) is 6.82 Å². The van der Waals surface area contributed by atoms with E-state index in [0.717, 1.165) is 0 Å². The number of rotatable bonds is 1. The van der Waals surface area contributed by atoms with Crippen LogP contribution in [0.2, 0.25) is 6.82 Å². The predicted octanol–water partition coefficient (Wildman–Crippen LogP) is 1.39. The van der Waals surface area contributed by atoms with Crippen molar-refractivity contribution < 1.29 is 0 Å². The van der Waals surface area contributed by atoms with Gasteiger partial charge in [0.05, 0.1) is 0 Å². The van der Waals surface area contributed by atoms with Gasteiger partial charge in [0.2, 0.25) is 0 Å². The zero-order valence-electron chi connectivity index (χ0n) is 2.94. The van der Waals surface area contributed by atoms with Crippen LogP contribution >= 0.6 is 23.7 Å². The molecule has 0 aromatic carbocycles. The highest BCUT2D eigenvalue weighted by Gasteiger charge is 1.88. The Morgan fingerprint density at radius 1 is 2.00 bits per heavy atom. The molecule has 0 radical (unpaired) electrons. The molecule has 0 aliphatic heterocycles. The molecule has 0 spiro atoms. The van der Waals surface area contributed by atoms with Crippen molar-refractivity contribution in [2.75, 3.05) is 0 Å². The molecule has 0 saturated carbocycles. The van der Waals surface area contributed by atoms with Crippen LogP contribution < -0.4 is 0 Å². The van der Waals surface area contributed by atoms with Crippen molar-refractivity contribution in [1.82, 2.24) is 0 Å². The molecule has 3 heteroatoms. The molecule has 0 N–H and O–H groups in total. The van der Waals surface area contributed by atoms with Crippen molar-refractivity contribution in [2.24, 2.45) is 0 Å². The molecule has 0 atom stereocenters. The minimum absolute atomic E-state index is 0.0463. The Bertz CT molecular complexity index is 36.6. The largest absolute Gasteiger partial charge is 0.283 e. The number of halogens is 1. The van der Waals surface area contributed by atoms with Gasteiger partial charge in [-0.3, -0.25) is 0 Å². The second kappa shape index (κ2) is 2.67. The Labute approximate surface area is 42.5 Å². The third-order valence-electron chi connectivity index (χ3n) is 0.188. The summed E-state index contributed by atoms with van der Waals surface area (Å²) in [5.74, 6) is 0. The normalized spacial score (nSPS) is 6.80. The van der Waals surface area contributed by atoms with E-state index in [1.54, 1.807) is 0 Å². The van der Waals surface area contributed by atoms with Crippen LogP contribution in [0.5, 0.6) is 0 Å². The summed E-state index contributed by atoms with van der Waals surface area (Å²) in [6, 6.07) is 0. The van der Waals surface area contributed by atoms with Gasteiger partial charge in [0.15, 0.2) is 0 Å². The summed E-state index contributed by atoms with van der Waals surface area (Å²) in [6.07, 6.45) is 0.0463. The lowest BCUT2D eigenvalue weighted by Crippen LogP contribution is -1.92. The van der Waals surface area contributed by atoms with Gasteiger partial charge in [0, 0.05) is 0 Å². The van der Waals surface area contributed by atoms with Crippen LogP contribution in [0.1, 0.15) is 0 Å². The fourth-order valence-corrected chi connectivity index (χ4v) is 0. The van der Waals surface area contributed by atoms with Crippen LogP contribution in [0.3, 0.4) is 0 Å². The molecule has 0 aliphatic rings. The maximum absolute atomic E-state index is 5.30. The van der Waals surface area contributed by atoms with Gasteiger partial charge in [0.1, 0.15) is 0 Å². The first-order chi connectivity index (χ1) is 2.27. The van der Waals surface area contributed by atoms with E-state index >= 15 is 0 Å². The van der Waals surface area contributed by atoms with E-state index in [9.17, 15) is 0 Å². The molecule has 0 aliphatic carbocycles. The Morgan fingerprint density at radius 3 is 2.20 bits per heavy atom. The predicted molar refractivity (Wildman–Crippen MR) is 31.1 cm³/mol. The molecule has 0 amide bonds. The molecule has 5 heavy (non-hydrogen) atoms. The van der Waals surface area contributed by atoms with Gasteiger partial charge in [-0.1, -0.05) is 6.82 Å². The van der Waals surface area contributed by atoms with Crippen molar-refractivity contribution in [3.63, 3.8) is 0 Å². The van der Waals surface area contributed by atoms with Crippen LogP contribution in [0.15, 0.2) is 0 Å². The average molecular weight is 106 g/mol. The van der Waals surface area contributed by atoms with E-state index in [1.807, 2.05) is 6.82 Å². The van der Waals surface area contributed by atoms with E-state index in [1.165, 1.54) is 5.27 Å². The smallest absolute Gasteiger partial charge is 0.189 e. The third-order valence-corrected chi connectivity index (χ3v) is 0.871. The van der Waals surface area contributed by atoms with E-state index in [-0.39, 0.29) is 6.13 Å². The summed E-state index contributed by atoms with van der Waals surface area (Å²) in [4.78, 5) is 0. The van der Waals surface area contributed by atoms with Crippen molar-refractivity contribution in [3.8, 4) is 0 Å².